The van der Waals surface area contributed by atoms with Gasteiger partial charge >= 0.3 is 0 Å². The summed E-state index contributed by atoms with van der Waals surface area (Å²) in [5, 5.41) is 6.13. The molecule has 3 aromatic carbocycles. The molecular weight excluding hydrogens is 354 g/mol. The zero-order chi connectivity index (χ0) is 19.5. The van der Waals surface area contributed by atoms with E-state index in [4.69, 9.17) is 9.97 Å². The highest BCUT2D eigenvalue weighted by Crippen LogP contribution is 2.37. The van der Waals surface area contributed by atoms with Crippen LogP contribution in [0.2, 0.25) is 0 Å². The smallest absolute Gasteiger partial charge is 0.147 e. The zero-order valence-electron chi connectivity index (χ0n) is 16.6. The fourth-order valence-electron chi connectivity index (χ4n) is 4.82. The molecule has 3 aromatic heterocycles. The van der Waals surface area contributed by atoms with Crippen molar-refractivity contribution in [1.29, 1.82) is 0 Å². The summed E-state index contributed by atoms with van der Waals surface area (Å²) in [6.45, 7) is 4.43. The first kappa shape index (κ1) is 16.5. The van der Waals surface area contributed by atoms with Crippen LogP contribution in [0.4, 0.5) is 0 Å². The normalized spacial score (nSPS) is 12.1. The van der Waals surface area contributed by atoms with Crippen molar-refractivity contribution in [3.05, 3.63) is 78.1 Å². The van der Waals surface area contributed by atoms with E-state index >= 15 is 0 Å². The molecule has 0 amide bonds. The topological polar surface area (TPSA) is 30.2 Å². The Kier molecular flexibility index (Phi) is 3.42. The second-order valence-electron chi connectivity index (χ2n) is 7.68. The fourth-order valence-corrected chi connectivity index (χ4v) is 4.82. The van der Waals surface area contributed by atoms with Crippen LogP contribution in [-0.2, 0) is 12.8 Å². The number of aromatic nitrogens is 3. The van der Waals surface area contributed by atoms with Gasteiger partial charge in [-0.1, -0.05) is 62.4 Å². The lowest BCUT2D eigenvalue weighted by molar-refractivity contribution is 1.09. The first-order valence-electron chi connectivity index (χ1n) is 10.3. The molecule has 6 rings (SSSR count). The number of hydrogen-bond acceptors (Lipinski definition) is 2. The molecule has 0 aliphatic rings. The number of pyridine rings is 2. The Morgan fingerprint density at radius 2 is 1.48 bits per heavy atom. The molecule has 0 aliphatic carbocycles. The minimum Gasteiger partial charge on any atom is -0.283 e. The van der Waals surface area contributed by atoms with Gasteiger partial charge in [-0.15, -0.1) is 0 Å². The molecule has 6 aromatic rings. The lowest BCUT2D eigenvalue weighted by atomic mass is 9.95. The molecule has 0 saturated heterocycles. The van der Waals surface area contributed by atoms with Gasteiger partial charge in [0.1, 0.15) is 11.3 Å². The van der Waals surface area contributed by atoms with Crippen molar-refractivity contribution in [3.8, 4) is 11.3 Å². The van der Waals surface area contributed by atoms with E-state index in [1.807, 2.05) is 6.20 Å². The van der Waals surface area contributed by atoms with Crippen LogP contribution < -0.4 is 0 Å². The van der Waals surface area contributed by atoms with Gasteiger partial charge in [-0.3, -0.25) is 4.40 Å². The summed E-state index contributed by atoms with van der Waals surface area (Å²) in [6, 6.07) is 19.6. The van der Waals surface area contributed by atoms with Crippen LogP contribution in [-0.4, -0.2) is 14.4 Å². The van der Waals surface area contributed by atoms with Crippen LogP contribution in [0.15, 0.2) is 67.0 Å². The van der Waals surface area contributed by atoms with E-state index in [1.165, 1.54) is 43.6 Å². The quantitative estimate of drug-likeness (QED) is 0.334. The van der Waals surface area contributed by atoms with Crippen LogP contribution in [0, 0.1) is 0 Å². The Bertz CT molecular complexity index is 1410. The third kappa shape index (κ3) is 2.18. The summed E-state index contributed by atoms with van der Waals surface area (Å²) in [5.74, 6) is 0. The number of hydrogen-bond donors (Lipinski definition) is 0. The van der Waals surface area contributed by atoms with E-state index in [0.29, 0.717) is 0 Å². The van der Waals surface area contributed by atoms with Crippen molar-refractivity contribution < 1.29 is 0 Å². The van der Waals surface area contributed by atoms with Crippen LogP contribution >= 0.6 is 0 Å². The van der Waals surface area contributed by atoms with Gasteiger partial charge in [0.15, 0.2) is 0 Å². The highest BCUT2D eigenvalue weighted by atomic mass is 15.0. The molecule has 0 spiro atoms. The van der Waals surface area contributed by atoms with Crippen molar-refractivity contribution >= 4 is 38.2 Å². The number of aryl methyl sites for hydroxylation is 2. The van der Waals surface area contributed by atoms with Gasteiger partial charge < -0.3 is 0 Å². The number of fused-ring (bicyclic) bond motifs is 3. The summed E-state index contributed by atoms with van der Waals surface area (Å²) >= 11 is 0. The van der Waals surface area contributed by atoms with Gasteiger partial charge in [-0.05, 0) is 40.8 Å². The predicted octanol–water partition coefficient (Wildman–Crippen LogP) is 6.42. The molecule has 3 nitrogen and oxygen atoms in total. The van der Waals surface area contributed by atoms with Gasteiger partial charge in [0.25, 0.3) is 0 Å². The maximum absolute atomic E-state index is 5.17. The summed E-state index contributed by atoms with van der Waals surface area (Å²) in [7, 11) is 0. The van der Waals surface area contributed by atoms with Gasteiger partial charge in [-0.2, -0.15) is 0 Å². The second-order valence-corrected chi connectivity index (χ2v) is 7.68. The average molecular weight is 375 g/mol. The Morgan fingerprint density at radius 3 is 2.24 bits per heavy atom. The Balaban J connectivity index is 1.82. The molecule has 3 heterocycles. The van der Waals surface area contributed by atoms with Crippen molar-refractivity contribution in [2.24, 2.45) is 0 Å². The predicted molar refractivity (Wildman–Crippen MR) is 121 cm³/mol. The summed E-state index contributed by atoms with van der Waals surface area (Å²) < 4.78 is 2.19. The monoisotopic (exact) mass is 375 g/mol. The number of rotatable bonds is 3. The molecule has 0 saturated carbocycles. The molecule has 0 bridgehead atoms. The molecule has 0 radical (unpaired) electrons. The van der Waals surface area contributed by atoms with Crippen molar-refractivity contribution in [1.82, 2.24) is 14.4 Å². The van der Waals surface area contributed by atoms with Crippen molar-refractivity contribution in [2.75, 3.05) is 0 Å². The molecule has 140 valence electrons. The third-order valence-electron chi connectivity index (χ3n) is 6.18. The van der Waals surface area contributed by atoms with E-state index in [9.17, 15) is 0 Å². The van der Waals surface area contributed by atoms with E-state index in [2.05, 4.69) is 79.0 Å². The van der Waals surface area contributed by atoms with Crippen LogP contribution in [0.3, 0.4) is 0 Å². The highest BCUT2D eigenvalue weighted by molar-refractivity contribution is 6.24. The highest BCUT2D eigenvalue weighted by Gasteiger charge is 2.18. The third-order valence-corrected chi connectivity index (χ3v) is 6.18. The molecule has 0 fully saturated rings. The minimum atomic E-state index is 0.979. The van der Waals surface area contributed by atoms with Gasteiger partial charge in [0.2, 0.25) is 0 Å². The molecule has 3 heteroatoms. The number of nitrogens with zero attached hydrogens (tertiary/aromatic N) is 3. The molecule has 0 atom stereocenters. The number of imidazole rings is 1. The van der Waals surface area contributed by atoms with Gasteiger partial charge in [0, 0.05) is 34.1 Å². The number of benzene rings is 3. The van der Waals surface area contributed by atoms with Crippen LogP contribution in [0.1, 0.15) is 25.0 Å². The van der Waals surface area contributed by atoms with E-state index < -0.39 is 0 Å². The second kappa shape index (κ2) is 6.02. The summed E-state index contributed by atoms with van der Waals surface area (Å²) in [5.41, 5.74) is 6.98. The molecule has 29 heavy (non-hydrogen) atoms. The van der Waals surface area contributed by atoms with Gasteiger partial charge in [0.05, 0.1) is 5.69 Å². The minimum absolute atomic E-state index is 0.979. The zero-order valence-corrected chi connectivity index (χ0v) is 16.6. The first-order valence-corrected chi connectivity index (χ1v) is 10.3. The van der Waals surface area contributed by atoms with E-state index in [1.54, 1.807) is 0 Å². The maximum Gasteiger partial charge on any atom is 0.147 e. The molecular formula is C26H21N3. The van der Waals surface area contributed by atoms with E-state index in [0.717, 1.165) is 29.8 Å². The fraction of sp³-hybridized carbons (Fsp3) is 0.154. The molecule has 0 aliphatic heterocycles. The largest absolute Gasteiger partial charge is 0.283 e. The molecule has 0 N–H and O–H groups in total. The standard InChI is InChI=1S/C26H21N3/c1-3-16-7-5-8-17(4-2)22(16)21-15-29-25(28-21)20-10-6-9-18-11-12-19-13-14-27-26(29)24(19)23(18)20/h5-15H,3-4H2,1-2H3. The van der Waals surface area contributed by atoms with Crippen molar-refractivity contribution in [2.45, 2.75) is 26.7 Å². The maximum atomic E-state index is 5.17. The van der Waals surface area contributed by atoms with Gasteiger partial charge in [-0.25, -0.2) is 9.97 Å². The lowest BCUT2D eigenvalue weighted by Crippen LogP contribution is -1.94. The summed E-state index contributed by atoms with van der Waals surface area (Å²) in [4.78, 5) is 9.95. The Labute approximate surface area is 169 Å². The molecule has 0 unspecified atom stereocenters. The summed E-state index contributed by atoms with van der Waals surface area (Å²) in [6.07, 6.45) is 6.07. The Morgan fingerprint density at radius 1 is 0.759 bits per heavy atom. The Hall–Kier alpha value is -3.46. The first-order chi connectivity index (χ1) is 14.3. The van der Waals surface area contributed by atoms with Crippen LogP contribution in [0.5, 0.6) is 0 Å². The van der Waals surface area contributed by atoms with Crippen LogP contribution in [0.25, 0.3) is 49.5 Å². The SMILES string of the molecule is CCc1cccc(CC)c1-c1cn2c(n1)c1cccc3ccc4ccnc2c4c31. The average Bonchev–Trinajstić information content (AvgIpc) is 3.23. The lowest BCUT2D eigenvalue weighted by Gasteiger charge is -2.11. The van der Waals surface area contributed by atoms with E-state index in [-0.39, 0.29) is 0 Å². The van der Waals surface area contributed by atoms with Crippen molar-refractivity contribution in [3.63, 3.8) is 0 Å².